The van der Waals surface area contributed by atoms with Crippen molar-refractivity contribution in [3.63, 3.8) is 0 Å². The number of primary amides is 1. The van der Waals surface area contributed by atoms with Gasteiger partial charge in [0.05, 0.1) is 5.56 Å². The summed E-state index contributed by atoms with van der Waals surface area (Å²) in [4.78, 5) is 24.8. The fraction of sp³-hybridized carbons (Fsp3) is 0.333. The van der Waals surface area contributed by atoms with Crippen LogP contribution in [0.2, 0.25) is 0 Å². The zero-order chi connectivity index (χ0) is 17.9. The van der Waals surface area contributed by atoms with Gasteiger partial charge in [0.2, 0.25) is 0 Å². The molecule has 1 aromatic carbocycles. The molecule has 24 heavy (non-hydrogen) atoms. The minimum atomic E-state index is -0.526. The van der Waals surface area contributed by atoms with Crippen LogP contribution in [0.5, 0.6) is 5.75 Å². The third-order valence-corrected chi connectivity index (χ3v) is 4.81. The number of rotatable bonds is 6. The number of amides is 2. The summed E-state index contributed by atoms with van der Waals surface area (Å²) in [7, 11) is 0. The molecule has 0 unspecified atom stereocenters. The number of aryl methyl sites for hydroxylation is 3. The van der Waals surface area contributed by atoms with E-state index in [0.717, 1.165) is 21.6 Å². The molecule has 128 valence electrons. The fourth-order valence-corrected chi connectivity index (χ4v) is 3.79. The number of carbonyl (C=O) groups is 2. The molecule has 2 amide bonds. The summed E-state index contributed by atoms with van der Waals surface area (Å²) < 4.78 is 5.57. The van der Waals surface area contributed by atoms with E-state index in [1.54, 1.807) is 0 Å². The van der Waals surface area contributed by atoms with Gasteiger partial charge in [-0.1, -0.05) is 24.6 Å². The van der Waals surface area contributed by atoms with Crippen molar-refractivity contribution in [1.29, 1.82) is 0 Å². The monoisotopic (exact) mass is 346 g/mol. The van der Waals surface area contributed by atoms with Crippen molar-refractivity contribution in [2.75, 3.05) is 11.9 Å². The molecule has 2 rings (SSSR count). The summed E-state index contributed by atoms with van der Waals surface area (Å²) in [6.45, 7) is 7.68. The van der Waals surface area contributed by atoms with Crippen molar-refractivity contribution in [2.45, 2.75) is 34.1 Å². The van der Waals surface area contributed by atoms with Gasteiger partial charge in [-0.15, -0.1) is 11.3 Å². The molecule has 0 aliphatic heterocycles. The molecule has 0 fully saturated rings. The Balaban J connectivity index is 2.09. The Kier molecular flexibility index (Phi) is 5.62. The van der Waals surface area contributed by atoms with E-state index in [0.29, 0.717) is 22.7 Å². The molecule has 6 heteroatoms. The van der Waals surface area contributed by atoms with Crippen molar-refractivity contribution >= 4 is 28.2 Å². The number of thiophene rings is 1. The van der Waals surface area contributed by atoms with E-state index in [2.05, 4.69) is 5.32 Å². The van der Waals surface area contributed by atoms with E-state index in [-0.39, 0.29) is 12.5 Å². The molecule has 0 aliphatic carbocycles. The van der Waals surface area contributed by atoms with Gasteiger partial charge in [0.1, 0.15) is 10.8 Å². The Morgan fingerprint density at radius 3 is 2.54 bits per heavy atom. The average molecular weight is 346 g/mol. The van der Waals surface area contributed by atoms with Crippen molar-refractivity contribution in [2.24, 2.45) is 5.73 Å². The van der Waals surface area contributed by atoms with E-state index in [1.807, 2.05) is 45.9 Å². The molecule has 2 aromatic rings. The number of ether oxygens (including phenoxy) is 1. The second-order valence-electron chi connectivity index (χ2n) is 5.66. The highest BCUT2D eigenvalue weighted by molar-refractivity contribution is 7.16. The van der Waals surface area contributed by atoms with Crippen LogP contribution in [-0.2, 0) is 11.2 Å². The lowest BCUT2D eigenvalue weighted by Gasteiger charge is -2.10. The number of nitrogens with two attached hydrogens (primary N) is 1. The van der Waals surface area contributed by atoms with Gasteiger partial charge in [-0.05, 0) is 44.4 Å². The summed E-state index contributed by atoms with van der Waals surface area (Å²) in [5, 5.41) is 3.23. The van der Waals surface area contributed by atoms with E-state index < -0.39 is 5.91 Å². The molecule has 1 heterocycles. The predicted octanol–water partition coefficient (Wildman–Crippen LogP) is 3.35. The Bertz CT molecular complexity index is 781. The lowest BCUT2D eigenvalue weighted by molar-refractivity contribution is -0.118. The normalized spacial score (nSPS) is 10.5. The molecule has 0 spiro atoms. The number of hydrogen-bond donors (Lipinski definition) is 2. The average Bonchev–Trinajstić information content (AvgIpc) is 2.81. The fourth-order valence-electron chi connectivity index (χ4n) is 2.62. The predicted molar refractivity (Wildman–Crippen MR) is 97.0 cm³/mol. The van der Waals surface area contributed by atoms with Crippen molar-refractivity contribution < 1.29 is 14.3 Å². The van der Waals surface area contributed by atoms with Crippen LogP contribution < -0.4 is 15.8 Å². The second-order valence-corrected chi connectivity index (χ2v) is 6.89. The first kappa shape index (κ1) is 18.0. The van der Waals surface area contributed by atoms with Gasteiger partial charge in [-0.25, -0.2) is 0 Å². The summed E-state index contributed by atoms with van der Waals surface area (Å²) in [6, 6.07) is 5.77. The Morgan fingerprint density at radius 2 is 1.96 bits per heavy atom. The molecule has 5 nitrogen and oxygen atoms in total. The highest BCUT2D eigenvalue weighted by Crippen LogP contribution is 2.33. The minimum Gasteiger partial charge on any atom is -0.483 e. The Labute approximate surface area is 145 Å². The largest absolute Gasteiger partial charge is 0.483 e. The third kappa shape index (κ3) is 3.94. The summed E-state index contributed by atoms with van der Waals surface area (Å²) in [6.07, 6.45) is 0.690. The van der Waals surface area contributed by atoms with Crippen LogP contribution in [0.25, 0.3) is 0 Å². The molecule has 1 aromatic heterocycles. The van der Waals surface area contributed by atoms with Gasteiger partial charge < -0.3 is 15.8 Å². The van der Waals surface area contributed by atoms with Crippen molar-refractivity contribution in [3.8, 4) is 5.75 Å². The summed E-state index contributed by atoms with van der Waals surface area (Å²) in [5.41, 5.74) is 8.86. The molecule has 0 atom stereocenters. The Morgan fingerprint density at radius 1 is 1.25 bits per heavy atom. The first-order valence-electron chi connectivity index (χ1n) is 7.75. The van der Waals surface area contributed by atoms with Crippen LogP contribution >= 0.6 is 11.3 Å². The number of nitrogens with one attached hydrogen (secondary N) is 1. The van der Waals surface area contributed by atoms with Crippen LogP contribution in [0, 0.1) is 20.8 Å². The molecule has 0 radical (unpaired) electrons. The van der Waals surface area contributed by atoms with Crippen LogP contribution in [0.1, 0.15) is 38.8 Å². The third-order valence-electron chi connectivity index (χ3n) is 3.75. The summed E-state index contributed by atoms with van der Waals surface area (Å²) in [5.74, 6) is -0.175. The van der Waals surface area contributed by atoms with Gasteiger partial charge in [0.25, 0.3) is 11.8 Å². The highest BCUT2D eigenvalue weighted by Gasteiger charge is 2.20. The van der Waals surface area contributed by atoms with E-state index >= 15 is 0 Å². The van der Waals surface area contributed by atoms with Gasteiger partial charge in [0.15, 0.2) is 6.61 Å². The maximum absolute atomic E-state index is 12.2. The molecular formula is C18H22N2O3S. The molecular weight excluding hydrogens is 324 g/mol. The topological polar surface area (TPSA) is 81.4 Å². The maximum Gasteiger partial charge on any atom is 0.262 e. The molecule has 0 aliphatic rings. The number of carbonyl (C=O) groups excluding carboxylic acids is 2. The first-order valence-corrected chi connectivity index (χ1v) is 8.57. The van der Waals surface area contributed by atoms with Crippen LogP contribution in [0.15, 0.2) is 18.2 Å². The first-order chi connectivity index (χ1) is 11.3. The van der Waals surface area contributed by atoms with Gasteiger partial charge in [-0.3, -0.25) is 9.59 Å². The van der Waals surface area contributed by atoms with Crippen molar-refractivity contribution in [3.05, 3.63) is 45.3 Å². The van der Waals surface area contributed by atoms with Crippen molar-refractivity contribution in [1.82, 2.24) is 0 Å². The maximum atomic E-state index is 12.2. The number of hydrogen-bond acceptors (Lipinski definition) is 4. The van der Waals surface area contributed by atoms with Crippen LogP contribution in [0.4, 0.5) is 5.00 Å². The van der Waals surface area contributed by atoms with Gasteiger partial charge in [0, 0.05) is 4.88 Å². The SMILES string of the molecule is CCc1c(C)sc(NC(=O)COc2ccc(C)cc2C)c1C(N)=O. The lowest BCUT2D eigenvalue weighted by atomic mass is 10.1. The zero-order valence-electron chi connectivity index (χ0n) is 14.4. The number of benzene rings is 1. The zero-order valence-corrected chi connectivity index (χ0v) is 15.2. The smallest absolute Gasteiger partial charge is 0.262 e. The number of anilines is 1. The lowest BCUT2D eigenvalue weighted by Crippen LogP contribution is -2.22. The molecule has 0 saturated heterocycles. The molecule has 0 saturated carbocycles. The standard InChI is InChI=1S/C18H22N2O3S/c1-5-13-12(4)24-18(16(13)17(19)22)20-15(21)9-23-14-7-6-10(2)8-11(14)3/h6-8H,5,9H2,1-4H3,(H2,19,22)(H,20,21). The van der Waals surface area contributed by atoms with Gasteiger partial charge >= 0.3 is 0 Å². The quantitative estimate of drug-likeness (QED) is 0.841. The molecule has 3 N–H and O–H groups in total. The van der Waals surface area contributed by atoms with Crippen LogP contribution in [0.3, 0.4) is 0 Å². The highest BCUT2D eigenvalue weighted by atomic mass is 32.1. The molecule has 0 bridgehead atoms. The Hall–Kier alpha value is -2.34. The second kappa shape index (κ2) is 7.49. The van der Waals surface area contributed by atoms with E-state index in [1.165, 1.54) is 11.3 Å². The van der Waals surface area contributed by atoms with E-state index in [9.17, 15) is 9.59 Å². The summed E-state index contributed by atoms with van der Waals surface area (Å²) >= 11 is 1.36. The van der Waals surface area contributed by atoms with Gasteiger partial charge in [-0.2, -0.15) is 0 Å². The van der Waals surface area contributed by atoms with E-state index in [4.69, 9.17) is 10.5 Å². The van der Waals surface area contributed by atoms with Crippen LogP contribution in [-0.4, -0.2) is 18.4 Å². The minimum absolute atomic E-state index is 0.124.